The zero-order valence-electron chi connectivity index (χ0n) is 15.2. The molecule has 1 aromatic heterocycles. The second-order valence-corrected chi connectivity index (χ2v) is 6.56. The van der Waals surface area contributed by atoms with Gasteiger partial charge in [0.2, 0.25) is 5.91 Å². The zero-order chi connectivity index (χ0) is 19.2. The lowest BCUT2D eigenvalue weighted by molar-refractivity contribution is -0.128. The standard InChI is InChI=1S/C20H23FN4O2/c1-2-10-22-19(26)15-5-8-18(23-12-15)24-17-9-11-25(20(17)27)13-14-3-6-16(21)7-4-14/h3-8,12,17H,2,9-11,13H2,1H3,(H,22,26)(H,23,24). The number of likely N-dealkylation sites (tertiary alicyclic amines) is 1. The van der Waals surface area contributed by atoms with Crippen LogP contribution in [0.2, 0.25) is 0 Å². The maximum Gasteiger partial charge on any atom is 0.252 e. The van der Waals surface area contributed by atoms with Gasteiger partial charge in [0.1, 0.15) is 17.7 Å². The van der Waals surface area contributed by atoms with Crippen LogP contribution < -0.4 is 10.6 Å². The van der Waals surface area contributed by atoms with Crippen LogP contribution in [0.4, 0.5) is 10.2 Å². The molecule has 1 unspecified atom stereocenters. The van der Waals surface area contributed by atoms with Crippen LogP contribution in [0.25, 0.3) is 0 Å². The molecule has 27 heavy (non-hydrogen) atoms. The van der Waals surface area contributed by atoms with Gasteiger partial charge in [-0.25, -0.2) is 9.37 Å². The van der Waals surface area contributed by atoms with Crippen molar-refractivity contribution in [2.45, 2.75) is 32.4 Å². The molecule has 0 saturated carbocycles. The van der Waals surface area contributed by atoms with E-state index < -0.39 is 0 Å². The molecule has 142 valence electrons. The first-order valence-corrected chi connectivity index (χ1v) is 9.11. The predicted octanol–water partition coefficient (Wildman–Crippen LogP) is 2.57. The molecule has 1 aliphatic heterocycles. The Hall–Kier alpha value is -2.96. The fourth-order valence-electron chi connectivity index (χ4n) is 2.97. The average molecular weight is 370 g/mol. The van der Waals surface area contributed by atoms with Crippen LogP contribution in [-0.4, -0.2) is 40.8 Å². The van der Waals surface area contributed by atoms with E-state index in [0.717, 1.165) is 12.0 Å². The van der Waals surface area contributed by atoms with E-state index in [-0.39, 0.29) is 23.7 Å². The Morgan fingerprint density at radius 1 is 1.26 bits per heavy atom. The van der Waals surface area contributed by atoms with E-state index in [9.17, 15) is 14.0 Å². The van der Waals surface area contributed by atoms with Crippen LogP contribution >= 0.6 is 0 Å². The monoisotopic (exact) mass is 370 g/mol. The maximum atomic E-state index is 13.0. The van der Waals surface area contributed by atoms with Crippen molar-refractivity contribution in [2.24, 2.45) is 0 Å². The number of carbonyl (C=O) groups is 2. The summed E-state index contributed by atoms with van der Waals surface area (Å²) in [6, 6.07) is 9.21. The highest BCUT2D eigenvalue weighted by Gasteiger charge is 2.31. The lowest BCUT2D eigenvalue weighted by Crippen LogP contribution is -2.33. The lowest BCUT2D eigenvalue weighted by Gasteiger charge is -2.17. The van der Waals surface area contributed by atoms with Crippen molar-refractivity contribution >= 4 is 17.6 Å². The van der Waals surface area contributed by atoms with E-state index in [1.807, 2.05) is 6.92 Å². The first-order valence-electron chi connectivity index (χ1n) is 9.11. The molecule has 1 fully saturated rings. The smallest absolute Gasteiger partial charge is 0.252 e. The van der Waals surface area contributed by atoms with Gasteiger partial charge < -0.3 is 15.5 Å². The van der Waals surface area contributed by atoms with Gasteiger partial charge in [0, 0.05) is 25.8 Å². The molecule has 0 aliphatic carbocycles. The minimum atomic E-state index is -0.349. The molecule has 7 heteroatoms. The quantitative estimate of drug-likeness (QED) is 0.786. The number of pyridine rings is 1. The number of aromatic nitrogens is 1. The Morgan fingerprint density at radius 3 is 2.70 bits per heavy atom. The highest BCUT2D eigenvalue weighted by molar-refractivity contribution is 5.94. The normalized spacial score (nSPS) is 16.4. The Balaban J connectivity index is 1.56. The van der Waals surface area contributed by atoms with Gasteiger partial charge in [-0.2, -0.15) is 0 Å². The van der Waals surface area contributed by atoms with Crippen LogP contribution in [-0.2, 0) is 11.3 Å². The van der Waals surface area contributed by atoms with Crippen LogP contribution in [0, 0.1) is 5.82 Å². The summed E-state index contributed by atoms with van der Waals surface area (Å²) in [5.41, 5.74) is 1.38. The minimum absolute atomic E-state index is 0.00843. The first-order chi connectivity index (χ1) is 13.1. The highest BCUT2D eigenvalue weighted by Crippen LogP contribution is 2.19. The Labute approximate surface area is 157 Å². The van der Waals surface area contributed by atoms with Gasteiger partial charge >= 0.3 is 0 Å². The van der Waals surface area contributed by atoms with Crippen LogP contribution in [0.5, 0.6) is 0 Å². The molecule has 2 aromatic rings. The average Bonchev–Trinajstić information content (AvgIpc) is 3.02. The van der Waals surface area contributed by atoms with E-state index in [4.69, 9.17) is 0 Å². The molecular weight excluding hydrogens is 347 g/mol. The predicted molar refractivity (Wildman–Crippen MR) is 101 cm³/mol. The van der Waals surface area contributed by atoms with Crippen molar-refractivity contribution in [3.05, 3.63) is 59.5 Å². The van der Waals surface area contributed by atoms with Crippen molar-refractivity contribution in [1.29, 1.82) is 0 Å². The molecule has 1 aromatic carbocycles. The third-order valence-electron chi connectivity index (χ3n) is 4.47. The van der Waals surface area contributed by atoms with Gasteiger partial charge in [-0.3, -0.25) is 9.59 Å². The second-order valence-electron chi connectivity index (χ2n) is 6.56. The largest absolute Gasteiger partial charge is 0.358 e. The molecule has 3 rings (SSSR count). The van der Waals surface area contributed by atoms with Gasteiger partial charge in [-0.05, 0) is 42.7 Å². The molecule has 2 heterocycles. The van der Waals surface area contributed by atoms with Gasteiger partial charge in [0.15, 0.2) is 0 Å². The number of hydrogen-bond acceptors (Lipinski definition) is 4. The Kier molecular flexibility index (Phi) is 6.01. The molecule has 0 bridgehead atoms. The van der Waals surface area contributed by atoms with Crippen molar-refractivity contribution < 1.29 is 14.0 Å². The second kappa shape index (κ2) is 8.62. The number of nitrogens with zero attached hydrogens (tertiary/aromatic N) is 2. The van der Waals surface area contributed by atoms with Crippen LogP contribution in [0.15, 0.2) is 42.6 Å². The maximum absolute atomic E-state index is 13.0. The minimum Gasteiger partial charge on any atom is -0.358 e. The number of amides is 2. The molecule has 6 nitrogen and oxygen atoms in total. The summed E-state index contributed by atoms with van der Waals surface area (Å²) >= 11 is 0. The van der Waals surface area contributed by atoms with Crippen molar-refractivity contribution in [2.75, 3.05) is 18.4 Å². The van der Waals surface area contributed by atoms with Crippen molar-refractivity contribution in [3.8, 4) is 0 Å². The summed E-state index contributed by atoms with van der Waals surface area (Å²) in [7, 11) is 0. The molecule has 1 saturated heterocycles. The SMILES string of the molecule is CCCNC(=O)c1ccc(NC2CCN(Cc3ccc(F)cc3)C2=O)nc1. The van der Waals surface area contributed by atoms with Gasteiger partial charge in [0.05, 0.1) is 5.56 Å². The highest BCUT2D eigenvalue weighted by atomic mass is 19.1. The van der Waals surface area contributed by atoms with E-state index in [1.54, 1.807) is 29.2 Å². The summed E-state index contributed by atoms with van der Waals surface area (Å²) in [6.07, 6.45) is 3.04. The molecule has 0 spiro atoms. The summed E-state index contributed by atoms with van der Waals surface area (Å²) in [5.74, 6) is 0.108. The van der Waals surface area contributed by atoms with Gasteiger partial charge in [-0.15, -0.1) is 0 Å². The van der Waals surface area contributed by atoms with Crippen molar-refractivity contribution in [3.63, 3.8) is 0 Å². The third kappa shape index (κ3) is 4.81. The number of halogens is 1. The summed E-state index contributed by atoms with van der Waals surface area (Å²) in [6.45, 7) is 3.70. The molecular formula is C20H23FN4O2. The van der Waals surface area contributed by atoms with E-state index in [1.165, 1.54) is 18.3 Å². The first kappa shape index (κ1) is 18.8. The number of rotatable bonds is 7. The lowest BCUT2D eigenvalue weighted by atomic mass is 10.2. The molecule has 2 N–H and O–H groups in total. The fraction of sp³-hybridized carbons (Fsp3) is 0.350. The number of nitrogens with one attached hydrogen (secondary N) is 2. The molecule has 1 aliphatic rings. The third-order valence-corrected chi connectivity index (χ3v) is 4.47. The van der Waals surface area contributed by atoms with Crippen LogP contribution in [0.3, 0.4) is 0 Å². The number of hydrogen-bond donors (Lipinski definition) is 2. The molecule has 2 amide bonds. The van der Waals surface area contributed by atoms with E-state index in [0.29, 0.717) is 37.4 Å². The number of carbonyl (C=O) groups excluding carboxylic acids is 2. The summed E-state index contributed by atoms with van der Waals surface area (Å²) < 4.78 is 13.0. The number of anilines is 1. The Morgan fingerprint density at radius 2 is 2.04 bits per heavy atom. The number of benzene rings is 1. The summed E-state index contributed by atoms with van der Waals surface area (Å²) in [4.78, 5) is 30.5. The zero-order valence-corrected chi connectivity index (χ0v) is 15.2. The van der Waals surface area contributed by atoms with Gasteiger partial charge in [-0.1, -0.05) is 19.1 Å². The Bertz CT molecular complexity index is 793. The fourth-order valence-corrected chi connectivity index (χ4v) is 2.97. The van der Waals surface area contributed by atoms with Crippen molar-refractivity contribution in [1.82, 2.24) is 15.2 Å². The molecule has 1 atom stereocenters. The molecule has 0 radical (unpaired) electrons. The van der Waals surface area contributed by atoms with Crippen LogP contribution in [0.1, 0.15) is 35.7 Å². The summed E-state index contributed by atoms with van der Waals surface area (Å²) in [5, 5.41) is 5.93. The van der Waals surface area contributed by atoms with E-state index >= 15 is 0 Å². The van der Waals surface area contributed by atoms with E-state index in [2.05, 4.69) is 15.6 Å². The topological polar surface area (TPSA) is 74.3 Å². The van der Waals surface area contributed by atoms with Gasteiger partial charge in [0.25, 0.3) is 5.91 Å².